The number of unbranched alkanes of at least 4 members (excludes halogenated alkanes) is 6. The predicted molar refractivity (Wildman–Crippen MR) is 74.3 cm³/mol. The predicted octanol–water partition coefficient (Wildman–Crippen LogP) is 5.39. The van der Waals surface area contributed by atoms with Gasteiger partial charge in [-0.2, -0.15) is 0 Å². The van der Waals surface area contributed by atoms with E-state index >= 15 is 0 Å². The quantitative estimate of drug-likeness (QED) is 0.340. The zero-order valence-electron chi connectivity index (χ0n) is 10.6. The van der Waals surface area contributed by atoms with Gasteiger partial charge >= 0.3 is 0 Å². The van der Waals surface area contributed by atoms with Gasteiger partial charge in [0.25, 0.3) is 0 Å². The smallest absolute Gasteiger partial charge is 0.0348 e. The van der Waals surface area contributed by atoms with E-state index in [0.29, 0.717) is 0 Å². The Morgan fingerprint density at radius 1 is 0.750 bits per heavy atom. The molecule has 0 heteroatoms. The third-order valence-electron chi connectivity index (χ3n) is 2.42. The van der Waals surface area contributed by atoms with Crippen molar-refractivity contribution < 1.29 is 0 Å². The Hall–Kier alpha value is -1.04. The van der Waals surface area contributed by atoms with Gasteiger partial charge in [-0.15, -0.1) is 0 Å². The molecule has 0 aromatic carbocycles. The summed E-state index contributed by atoms with van der Waals surface area (Å²) >= 11 is 0. The Bertz CT molecular complexity index is 218. The van der Waals surface area contributed by atoms with Crippen molar-refractivity contribution in [2.24, 2.45) is 0 Å². The Labute approximate surface area is 101 Å². The monoisotopic (exact) mass is 217 g/mol. The molecule has 0 bridgehead atoms. The van der Waals surface area contributed by atoms with Gasteiger partial charge in [-0.05, 0) is 12.8 Å². The van der Waals surface area contributed by atoms with Crippen LogP contribution in [0.2, 0.25) is 0 Å². The molecule has 0 spiro atoms. The van der Waals surface area contributed by atoms with Gasteiger partial charge in [0.05, 0.1) is 0 Å². The second-order valence-corrected chi connectivity index (χ2v) is 3.95. The van der Waals surface area contributed by atoms with Crippen LogP contribution in [0.5, 0.6) is 0 Å². The van der Waals surface area contributed by atoms with Crippen molar-refractivity contribution >= 4 is 0 Å². The topological polar surface area (TPSA) is 0 Å². The second kappa shape index (κ2) is 14.0. The summed E-state index contributed by atoms with van der Waals surface area (Å²) in [6.45, 7) is 7.45. The largest absolute Gasteiger partial charge is 0.0845 e. The summed E-state index contributed by atoms with van der Waals surface area (Å²) < 4.78 is 0. The van der Waals surface area contributed by atoms with Crippen LogP contribution < -0.4 is 0 Å². The third-order valence-corrected chi connectivity index (χ3v) is 2.42. The molecular formula is C16H25. The van der Waals surface area contributed by atoms with Crippen molar-refractivity contribution in [3.63, 3.8) is 0 Å². The molecule has 89 valence electrons. The average Bonchev–Trinajstić information content (AvgIpc) is 2.31. The lowest BCUT2D eigenvalue weighted by molar-refractivity contribution is 0.611. The molecule has 0 unspecified atom stereocenters. The molecule has 0 fully saturated rings. The Morgan fingerprint density at radius 2 is 1.38 bits per heavy atom. The number of hydrogen-bond donors (Lipinski definition) is 0. The minimum absolute atomic E-state index is 1.20. The summed E-state index contributed by atoms with van der Waals surface area (Å²) in [4.78, 5) is 0. The molecule has 0 amide bonds. The van der Waals surface area contributed by atoms with Gasteiger partial charge in [0.2, 0.25) is 0 Å². The Morgan fingerprint density at radius 3 is 2.12 bits per heavy atom. The maximum absolute atomic E-state index is 5.20. The molecule has 0 aliphatic rings. The maximum atomic E-state index is 5.20. The molecule has 0 aromatic heterocycles. The molecule has 0 saturated carbocycles. The van der Waals surface area contributed by atoms with E-state index in [9.17, 15) is 0 Å². The van der Waals surface area contributed by atoms with E-state index in [2.05, 4.69) is 19.1 Å². The Balaban J connectivity index is 3.24. The van der Waals surface area contributed by atoms with Gasteiger partial charge in [0.15, 0.2) is 0 Å². The van der Waals surface area contributed by atoms with Crippen LogP contribution in [-0.4, -0.2) is 0 Å². The van der Waals surface area contributed by atoms with E-state index in [-0.39, 0.29) is 0 Å². The summed E-state index contributed by atoms with van der Waals surface area (Å²) in [7, 11) is 0. The number of rotatable bonds is 10. The van der Waals surface area contributed by atoms with Gasteiger partial charge in [-0.1, -0.05) is 88.1 Å². The van der Waals surface area contributed by atoms with Crippen LogP contribution in [0, 0.1) is 6.58 Å². The van der Waals surface area contributed by atoms with E-state index in [1.165, 1.54) is 51.0 Å². The molecule has 0 saturated heterocycles. The van der Waals surface area contributed by atoms with E-state index in [0.717, 1.165) is 0 Å². The minimum Gasteiger partial charge on any atom is -0.0845 e. The minimum atomic E-state index is 1.20. The highest BCUT2D eigenvalue weighted by Gasteiger charge is 1.87. The summed E-state index contributed by atoms with van der Waals surface area (Å²) in [5, 5.41) is 0. The first kappa shape index (κ1) is 15.0. The maximum Gasteiger partial charge on any atom is -0.0348 e. The fourth-order valence-electron chi connectivity index (χ4n) is 1.47. The van der Waals surface area contributed by atoms with Gasteiger partial charge in [-0.25, -0.2) is 0 Å². The van der Waals surface area contributed by atoms with Crippen LogP contribution in [0.3, 0.4) is 0 Å². The highest BCUT2D eigenvalue weighted by molar-refractivity contribution is 5.13. The number of hydrogen-bond acceptors (Lipinski definition) is 0. The molecule has 0 heterocycles. The molecule has 1 radical (unpaired) electrons. The van der Waals surface area contributed by atoms with Gasteiger partial charge in [0, 0.05) is 0 Å². The Kier molecular flexibility index (Phi) is 13.1. The normalized spacial score (nSPS) is 12.1. The third kappa shape index (κ3) is 13.0. The van der Waals surface area contributed by atoms with Crippen LogP contribution in [0.4, 0.5) is 0 Å². The highest BCUT2D eigenvalue weighted by Crippen LogP contribution is 2.07. The summed E-state index contributed by atoms with van der Waals surface area (Å²) in [5.74, 6) is 0. The number of allylic oxidation sites excluding steroid dienone is 7. The van der Waals surface area contributed by atoms with Crippen molar-refractivity contribution in [3.05, 3.63) is 49.1 Å². The van der Waals surface area contributed by atoms with Crippen LogP contribution in [0.1, 0.15) is 51.9 Å². The molecule has 16 heavy (non-hydrogen) atoms. The lowest BCUT2D eigenvalue weighted by atomic mass is 10.1. The molecule has 0 aliphatic heterocycles. The van der Waals surface area contributed by atoms with Gasteiger partial charge < -0.3 is 0 Å². The van der Waals surface area contributed by atoms with Crippen molar-refractivity contribution in [2.45, 2.75) is 51.9 Å². The molecule has 0 rings (SSSR count). The van der Waals surface area contributed by atoms with Crippen molar-refractivity contribution in [2.75, 3.05) is 0 Å². The van der Waals surface area contributed by atoms with E-state index < -0.39 is 0 Å². The zero-order valence-corrected chi connectivity index (χ0v) is 10.6. The fourth-order valence-corrected chi connectivity index (χ4v) is 1.47. The average molecular weight is 217 g/mol. The molecule has 0 nitrogen and oxygen atoms in total. The lowest BCUT2D eigenvalue weighted by Crippen LogP contribution is -1.77. The van der Waals surface area contributed by atoms with E-state index in [1.807, 2.05) is 24.3 Å². The van der Waals surface area contributed by atoms with Gasteiger partial charge in [-0.3, -0.25) is 0 Å². The SMILES string of the molecule is [CH]=C/C=C/C=C/C=C/CCCCCCCC. The van der Waals surface area contributed by atoms with Crippen LogP contribution in [0.15, 0.2) is 42.5 Å². The van der Waals surface area contributed by atoms with Crippen LogP contribution >= 0.6 is 0 Å². The summed E-state index contributed by atoms with van der Waals surface area (Å²) in [6.07, 6.45) is 23.0. The van der Waals surface area contributed by atoms with E-state index in [1.54, 1.807) is 0 Å². The first-order valence-corrected chi connectivity index (χ1v) is 6.45. The molecule has 0 atom stereocenters. The second-order valence-electron chi connectivity index (χ2n) is 3.95. The van der Waals surface area contributed by atoms with E-state index in [4.69, 9.17) is 6.58 Å². The summed E-state index contributed by atoms with van der Waals surface area (Å²) in [5.41, 5.74) is 0. The summed E-state index contributed by atoms with van der Waals surface area (Å²) in [6, 6.07) is 0. The first-order chi connectivity index (χ1) is 7.91. The molecule has 0 N–H and O–H groups in total. The molecular weight excluding hydrogens is 192 g/mol. The first-order valence-electron chi connectivity index (χ1n) is 6.45. The standard InChI is InChI=1S/C16H25/c1-3-5-7-9-11-13-15-16-14-12-10-8-6-4-2/h1,3,5,7,9,11,13,15H,4,6,8,10,12,14,16H2,2H3/b3-1?,7-5+,11-9+,15-13+. The van der Waals surface area contributed by atoms with Crippen LogP contribution in [0.25, 0.3) is 0 Å². The molecule has 0 aromatic rings. The van der Waals surface area contributed by atoms with Gasteiger partial charge in [0.1, 0.15) is 0 Å². The van der Waals surface area contributed by atoms with Crippen molar-refractivity contribution in [1.29, 1.82) is 0 Å². The highest BCUT2D eigenvalue weighted by atomic mass is 13.9. The van der Waals surface area contributed by atoms with Crippen molar-refractivity contribution in [1.82, 2.24) is 0 Å². The van der Waals surface area contributed by atoms with Crippen molar-refractivity contribution in [3.8, 4) is 0 Å². The fraction of sp³-hybridized carbons (Fsp3) is 0.500. The zero-order chi connectivity index (χ0) is 11.9. The lowest BCUT2D eigenvalue weighted by Gasteiger charge is -1.97. The molecule has 0 aliphatic carbocycles. The van der Waals surface area contributed by atoms with Crippen LogP contribution in [-0.2, 0) is 0 Å².